The Morgan fingerprint density at radius 1 is 1.16 bits per heavy atom. The molecule has 2 saturated heterocycles. The standard InChI is InChI=1S/C24H28N2O5/c1-16-6-7-17(2)19(13-16)9-8-18-10-12-26(15-20-5-4-11-25-21(20)29-3)24(14-18)30-22(27)23(28)31-24/h4-7,11,13,18H,8-10,12,14-15H2,1-3H3. The molecule has 7 heteroatoms. The van der Waals surface area contributed by atoms with E-state index in [0.717, 1.165) is 24.8 Å². The fourth-order valence-corrected chi connectivity index (χ4v) is 4.52. The van der Waals surface area contributed by atoms with Crippen molar-refractivity contribution in [1.29, 1.82) is 0 Å². The number of methoxy groups -OCH3 is 1. The molecule has 1 aromatic carbocycles. The molecule has 2 aromatic rings. The van der Waals surface area contributed by atoms with Crippen LogP contribution in [0.2, 0.25) is 0 Å². The van der Waals surface area contributed by atoms with E-state index in [9.17, 15) is 9.59 Å². The van der Waals surface area contributed by atoms with Crippen molar-refractivity contribution in [3.63, 3.8) is 0 Å². The first kappa shape index (κ1) is 21.3. The number of hydrogen-bond donors (Lipinski definition) is 0. The van der Waals surface area contributed by atoms with Crippen LogP contribution in [0.15, 0.2) is 36.5 Å². The number of likely N-dealkylation sites (tertiary alicyclic amines) is 1. The first-order valence-electron chi connectivity index (χ1n) is 10.7. The lowest BCUT2D eigenvalue weighted by atomic mass is 9.87. The highest BCUT2D eigenvalue weighted by Crippen LogP contribution is 2.40. The number of carbonyl (C=O) groups excluding carboxylic acids is 2. The summed E-state index contributed by atoms with van der Waals surface area (Å²) in [6, 6.07) is 10.2. The summed E-state index contributed by atoms with van der Waals surface area (Å²) in [6.07, 6.45) is 4.91. The molecular weight excluding hydrogens is 396 g/mol. The molecule has 0 bridgehead atoms. The summed E-state index contributed by atoms with van der Waals surface area (Å²) in [5.74, 6) is -2.45. The van der Waals surface area contributed by atoms with Crippen molar-refractivity contribution in [2.24, 2.45) is 5.92 Å². The molecule has 31 heavy (non-hydrogen) atoms. The zero-order valence-electron chi connectivity index (χ0n) is 18.2. The normalized spacial score (nSPS) is 20.5. The van der Waals surface area contributed by atoms with E-state index in [-0.39, 0.29) is 5.92 Å². The minimum Gasteiger partial charge on any atom is -0.481 e. The average Bonchev–Trinajstić information content (AvgIpc) is 3.04. The van der Waals surface area contributed by atoms with E-state index in [1.54, 1.807) is 13.3 Å². The number of ether oxygens (including phenoxy) is 3. The van der Waals surface area contributed by atoms with Crippen LogP contribution in [-0.4, -0.2) is 41.4 Å². The Hall–Kier alpha value is -2.93. The summed E-state index contributed by atoms with van der Waals surface area (Å²) >= 11 is 0. The van der Waals surface area contributed by atoms with Crippen LogP contribution < -0.4 is 4.74 Å². The SMILES string of the molecule is COc1ncccc1CN1CCC(CCc2cc(C)ccc2C)CC12OC(=O)C(=O)O2. The molecule has 1 unspecified atom stereocenters. The van der Waals surface area contributed by atoms with Gasteiger partial charge in [0.25, 0.3) is 0 Å². The van der Waals surface area contributed by atoms with Gasteiger partial charge in [0.1, 0.15) is 0 Å². The van der Waals surface area contributed by atoms with Gasteiger partial charge in [-0.1, -0.05) is 29.8 Å². The highest BCUT2D eigenvalue weighted by atomic mass is 16.8. The third-order valence-electron chi connectivity index (χ3n) is 6.24. The molecule has 0 amide bonds. The van der Waals surface area contributed by atoms with E-state index in [0.29, 0.717) is 25.4 Å². The molecule has 1 aromatic heterocycles. The smallest absolute Gasteiger partial charge is 0.421 e. The number of hydrogen-bond acceptors (Lipinski definition) is 7. The number of rotatable bonds is 6. The second-order valence-electron chi connectivity index (χ2n) is 8.41. The molecule has 4 rings (SSSR count). The van der Waals surface area contributed by atoms with Gasteiger partial charge >= 0.3 is 17.8 Å². The average molecular weight is 424 g/mol. The fourth-order valence-electron chi connectivity index (χ4n) is 4.52. The van der Waals surface area contributed by atoms with E-state index >= 15 is 0 Å². The van der Waals surface area contributed by atoms with Crippen LogP contribution in [0.3, 0.4) is 0 Å². The summed E-state index contributed by atoms with van der Waals surface area (Å²) < 4.78 is 16.4. The summed E-state index contributed by atoms with van der Waals surface area (Å²) in [6.45, 7) is 5.26. The van der Waals surface area contributed by atoms with Gasteiger partial charge in [0.15, 0.2) is 0 Å². The molecular formula is C24H28N2O5. The molecule has 0 aliphatic carbocycles. The van der Waals surface area contributed by atoms with E-state index in [1.165, 1.54) is 16.7 Å². The van der Waals surface area contributed by atoms with Gasteiger partial charge < -0.3 is 14.2 Å². The molecule has 0 N–H and O–H groups in total. The highest BCUT2D eigenvalue weighted by molar-refractivity contribution is 6.31. The number of carbonyl (C=O) groups is 2. The van der Waals surface area contributed by atoms with Gasteiger partial charge in [0.2, 0.25) is 5.88 Å². The summed E-state index contributed by atoms with van der Waals surface area (Å²) in [7, 11) is 1.57. The Labute approximate surface area is 182 Å². The predicted molar refractivity (Wildman–Crippen MR) is 113 cm³/mol. The first-order valence-corrected chi connectivity index (χ1v) is 10.7. The van der Waals surface area contributed by atoms with Crippen LogP contribution in [0.5, 0.6) is 5.88 Å². The molecule has 2 fully saturated rings. The lowest BCUT2D eigenvalue weighted by molar-refractivity contribution is -0.274. The van der Waals surface area contributed by atoms with E-state index < -0.39 is 17.8 Å². The molecule has 7 nitrogen and oxygen atoms in total. The van der Waals surface area contributed by atoms with Crippen LogP contribution in [-0.2, 0) is 32.0 Å². The summed E-state index contributed by atoms with van der Waals surface area (Å²) in [5, 5.41) is 0. The molecule has 1 spiro atoms. The minimum atomic E-state index is -1.36. The van der Waals surface area contributed by atoms with Gasteiger partial charge in [0, 0.05) is 31.3 Å². The number of nitrogens with zero attached hydrogens (tertiary/aromatic N) is 2. The Morgan fingerprint density at radius 3 is 2.68 bits per heavy atom. The van der Waals surface area contributed by atoms with Gasteiger partial charge in [0.05, 0.1) is 7.11 Å². The summed E-state index contributed by atoms with van der Waals surface area (Å²) in [4.78, 5) is 30.1. The van der Waals surface area contributed by atoms with Crippen molar-refractivity contribution in [3.8, 4) is 5.88 Å². The van der Waals surface area contributed by atoms with Gasteiger partial charge in [-0.3, -0.25) is 0 Å². The van der Waals surface area contributed by atoms with Crippen LogP contribution in [0, 0.1) is 19.8 Å². The topological polar surface area (TPSA) is 78.0 Å². The van der Waals surface area contributed by atoms with E-state index in [1.807, 2.05) is 17.0 Å². The molecule has 1 atom stereocenters. The predicted octanol–water partition coefficient (Wildman–Crippen LogP) is 3.31. The Balaban J connectivity index is 1.51. The van der Waals surface area contributed by atoms with Gasteiger partial charge in [-0.15, -0.1) is 0 Å². The molecule has 0 radical (unpaired) electrons. The second kappa shape index (κ2) is 8.67. The Morgan fingerprint density at radius 2 is 1.94 bits per heavy atom. The molecule has 2 aliphatic heterocycles. The molecule has 2 aliphatic rings. The van der Waals surface area contributed by atoms with Gasteiger partial charge in [-0.25, -0.2) is 19.5 Å². The van der Waals surface area contributed by atoms with Crippen LogP contribution in [0.25, 0.3) is 0 Å². The molecule has 0 saturated carbocycles. The zero-order chi connectivity index (χ0) is 22.0. The number of piperidine rings is 1. The van der Waals surface area contributed by atoms with Crippen molar-refractivity contribution in [2.45, 2.75) is 52.0 Å². The maximum atomic E-state index is 12.0. The Bertz CT molecular complexity index is 974. The van der Waals surface area contributed by atoms with Crippen molar-refractivity contribution in [2.75, 3.05) is 13.7 Å². The Kier molecular flexibility index (Phi) is 5.96. The largest absolute Gasteiger partial charge is 0.481 e. The monoisotopic (exact) mass is 424 g/mol. The van der Waals surface area contributed by atoms with Crippen molar-refractivity contribution >= 4 is 11.9 Å². The number of aromatic nitrogens is 1. The number of pyridine rings is 1. The molecule has 164 valence electrons. The van der Waals surface area contributed by atoms with Crippen LogP contribution in [0.4, 0.5) is 0 Å². The first-order chi connectivity index (χ1) is 14.9. The fraction of sp³-hybridized carbons (Fsp3) is 0.458. The lowest BCUT2D eigenvalue weighted by Gasteiger charge is -2.43. The van der Waals surface area contributed by atoms with Crippen LogP contribution >= 0.6 is 0 Å². The third-order valence-corrected chi connectivity index (χ3v) is 6.24. The van der Waals surface area contributed by atoms with E-state index in [2.05, 4.69) is 37.0 Å². The van der Waals surface area contributed by atoms with Crippen molar-refractivity contribution in [3.05, 3.63) is 58.8 Å². The lowest BCUT2D eigenvalue weighted by Crippen LogP contribution is -2.54. The number of aryl methyl sites for hydroxylation is 3. The van der Waals surface area contributed by atoms with Gasteiger partial charge in [-0.2, -0.15) is 0 Å². The third kappa shape index (κ3) is 4.42. The summed E-state index contributed by atoms with van der Waals surface area (Å²) in [5.41, 5.74) is 4.70. The number of esters is 2. The highest BCUT2D eigenvalue weighted by Gasteiger charge is 2.55. The maximum Gasteiger partial charge on any atom is 0.421 e. The zero-order valence-corrected chi connectivity index (χ0v) is 18.2. The van der Waals surface area contributed by atoms with E-state index in [4.69, 9.17) is 14.2 Å². The second-order valence-corrected chi connectivity index (χ2v) is 8.41. The number of benzene rings is 1. The van der Waals surface area contributed by atoms with Crippen LogP contribution in [0.1, 0.15) is 41.5 Å². The minimum absolute atomic E-state index is 0.269. The maximum absolute atomic E-state index is 12.0. The van der Waals surface area contributed by atoms with Gasteiger partial charge in [-0.05, 0) is 56.2 Å². The molecule has 3 heterocycles. The van der Waals surface area contributed by atoms with Crippen molar-refractivity contribution < 1.29 is 23.8 Å². The van der Waals surface area contributed by atoms with Crippen molar-refractivity contribution in [1.82, 2.24) is 9.88 Å². The quantitative estimate of drug-likeness (QED) is 0.520.